The fourth-order valence-electron chi connectivity index (χ4n) is 2.94. The quantitative estimate of drug-likeness (QED) is 0.780. The van der Waals surface area contributed by atoms with Gasteiger partial charge in [-0.05, 0) is 32.5 Å². The summed E-state index contributed by atoms with van der Waals surface area (Å²) in [7, 11) is 2.24. The lowest BCUT2D eigenvalue weighted by Crippen LogP contribution is -2.49. The Morgan fingerprint density at radius 1 is 1.44 bits per heavy atom. The number of likely N-dealkylation sites (N-methyl/N-ethyl adjacent to an activating group) is 1. The predicted octanol–water partition coefficient (Wildman–Crippen LogP) is 0.940. The van der Waals surface area contributed by atoms with Crippen LogP contribution in [0.5, 0.6) is 0 Å². The molecule has 2 rings (SSSR count). The number of piperidine rings is 1. The first kappa shape index (κ1) is 13.5. The average Bonchev–Trinajstić information content (AvgIpc) is 2.88. The average molecular weight is 251 g/mol. The molecular weight excluding hydrogens is 226 g/mol. The van der Waals surface area contributed by atoms with Crippen molar-refractivity contribution in [2.24, 2.45) is 5.92 Å². The molecule has 1 aliphatic heterocycles. The van der Waals surface area contributed by atoms with Crippen LogP contribution in [0.3, 0.4) is 0 Å². The Morgan fingerprint density at radius 2 is 2.28 bits per heavy atom. The predicted molar refractivity (Wildman–Crippen MR) is 72.3 cm³/mol. The Morgan fingerprint density at radius 3 is 2.89 bits per heavy atom. The molecule has 0 amide bonds. The molecule has 2 atom stereocenters. The van der Waals surface area contributed by atoms with Gasteiger partial charge in [0.15, 0.2) is 0 Å². The van der Waals surface area contributed by atoms with E-state index in [0.717, 1.165) is 19.0 Å². The van der Waals surface area contributed by atoms with Crippen molar-refractivity contribution in [1.29, 1.82) is 0 Å². The summed E-state index contributed by atoms with van der Waals surface area (Å²) >= 11 is 0. The first-order chi connectivity index (χ1) is 8.70. The Hall–Kier alpha value is -0.940. The number of nitrogens with zero attached hydrogens (tertiary/aromatic N) is 5. The van der Waals surface area contributed by atoms with Crippen molar-refractivity contribution in [2.75, 3.05) is 33.2 Å². The molecule has 5 heteroatoms. The highest BCUT2D eigenvalue weighted by Crippen LogP contribution is 2.20. The van der Waals surface area contributed by atoms with E-state index in [1.807, 2.05) is 4.68 Å². The van der Waals surface area contributed by atoms with E-state index in [2.05, 4.69) is 40.8 Å². The van der Waals surface area contributed by atoms with Gasteiger partial charge < -0.3 is 9.80 Å². The second-order valence-electron chi connectivity index (χ2n) is 5.37. The van der Waals surface area contributed by atoms with E-state index in [4.69, 9.17) is 0 Å². The first-order valence-electron chi connectivity index (χ1n) is 6.95. The SMILES string of the molecule is CCN1CC[C@@H](N(C)CCn2cncn2)[C@@H](C)C1. The maximum absolute atomic E-state index is 4.15. The van der Waals surface area contributed by atoms with Crippen LogP contribution in [0.4, 0.5) is 0 Å². The van der Waals surface area contributed by atoms with Crippen LogP contribution in [0.25, 0.3) is 0 Å². The van der Waals surface area contributed by atoms with E-state index >= 15 is 0 Å². The van der Waals surface area contributed by atoms with Crippen molar-refractivity contribution in [2.45, 2.75) is 32.9 Å². The summed E-state index contributed by atoms with van der Waals surface area (Å²) in [5.41, 5.74) is 0. The smallest absolute Gasteiger partial charge is 0.137 e. The summed E-state index contributed by atoms with van der Waals surface area (Å²) in [5.74, 6) is 0.749. The highest BCUT2D eigenvalue weighted by molar-refractivity contribution is 4.83. The zero-order valence-corrected chi connectivity index (χ0v) is 11.8. The first-order valence-corrected chi connectivity index (χ1v) is 6.95. The van der Waals surface area contributed by atoms with E-state index in [1.165, 1.54) is 26.1 Å². The van der Waals surface area contributed by atoms with Crippen molar-refractivity contribution < 1.29 is 0 Å². The lowest BCUT2D eigenvalue weighted by molar-refractivity contribution is 0.0802. The van der Waals surface area contributed by atoms with Gasteiger partial charge in [0.2, 0.25) is 0 Å². The van der Waals surface area contributed by atoms with Crippen LogP contribution in [0.15, 0.2) is 12.7 Å². The van der Waals surface area contributed by atoms with Crippen molar-refractivity contribution in [3.63, 3.8) is 0 Å². The molecule has 0 spiro atoms. The molecule has 0 saturated carbocycles. The van der Waals surface area contributed by atoms with Crippen molar-refractivity contribution >= 4 is 0 Å². The van der Waals surface area contributed by atoms with Gasteiger partial charge in [-0.2, -0.15) is 5.10 Å². The summed E-state index contributed by atoms with van der Waals surface area (Å²) in [6.45, 7) is 10.2. The van der Waals surface area contributed by atoms with Crippen molar-refractivity contribution in [3.8, 4) is 0 Å². The molecule has 1 fully saturated rings. The number of hydrogen-bond acceptors (Lipinski definition) is 4. The van der Waals surface area contributed by atoms with Crippen LogP contribution >= 0.6 is 0 Å². The fraction of sp³-hybridized carbons (Fsp3) is 0.846. The van der Waals surface area contributed by atoms with Gasteiger partial charge in [0.1, 0.15) is 12.7 Å². The van der Waals surface area contributed by atoms with E-state index in [0.29, 0.717) is 6.04 Å². The Labute approximate surface area is 110 Å². The third kappa shape index (κ3) is 3.29. The molecule has 0 radical (unpaired) electrons. The summed E-state index contributed by atoms with van der Waals surface area (Å²) in [4.78, 5) is 9.01. The summed E-state index contributed by atoms with van der Waals surface area (Å²) in [6, 6.07) is 0.705. The molecule has 0 N–H and O–H groups in total. The van der Waals surface area contributed by atoms with Gasteiger partial charge in [0, 0.05) is 19.1 Å². The van der Waals surface area contributed by atoms with E-state index < -0.39 is 0 Å². The molecular formula is C13H25N5. The minimum absolute atomic E-state index is 0.705. The highest BCUT2D eigenvalue weighted by Gasteiger charge is 2.27. The van der Waals surface area contributed by atoms with Crippen LogP contribution in [0.1, 0.15) is 20.3 Å². The van der Waals surface area contributed by atoms with Crippen molar-refractivity contribution in [3.05, 3.63) is 12.7 Å². The molecule has 102 valence electrons. The molecule has 18 heavy (non-hydrogen) atoms. The third-order valence-electron chi connectivity index (χ3n) is 4.11. The van der Waals surface area contributed by atoms with Gasteiger partial charge in [0.25, 0.3) is 0 Å². The lowest BCUT2D eigenvalue weighted by Gasteiger charge is -2.41. The topological polar surface area (TPSA) is 37.2 Å². The highest BCUT2D eigenvalue weighted by atomic mass is 15.3. The maximum Gasteiger partial charge on any atom is 0.137 e. The Balaban J connectivity index is 1.80. The van der Waals surface area contributed by atoms with Crippen molar-refractivity contribution in [1.82, 2.24) is 24.6 Å². The Bertz CT molecular complexity index is 337. The van der Waals surface area contributed by atoms with Gasteiger partial charge in [-0.3, -0.25) is 4.68 Å². The minimum atomic E-state index is 0.705. The van der Waals surface area contributed by atoms with Gasteiger partial charge in [-0.1, -0.05) is 13.8 Å². The molecule has 1 saturated heterocycles. The maximum atomic E-state index is 4.15. The zero-order chi connectivity index (χ0) is 13.0. The molecule has 0 aliphatic carbocycles. The number of aromatic nitrogens is 3. The van der Waals surface area contributed by atoms with E-state index in [-0.39, 0.29) is 0 Å². The third-order valence-corrected chi connectivity index (χ3v) is 4.11. The molecule has 0 unspecified atom stereocenters. The fourth-order valence-corrected chi connectivity index (χ4v) is 2.94. The van der Waals surface area contributed by atoms with Gasteiger partial charge in [-0.15, -0.1) is 0 Å². The lowest BCUT2D eigenvalue weighted by atomic mass is 9.92. The molecule has 2 heterocycles. The molecule has 0 aromatic carbocycles. The molecule has 5 nitrogen and oxygen atoms in total. The summed E-state index contributed by atoms with van der Waals surface area (Å²) < 4.78 is 1.91. The van der Waals surface area contributed by atoms with Crippen LogP contribution in [-0.4, -0.2) is 63.8 Å². The van der Waals surface area contributed by atoms with E-state index in [1.54, 1.807) is 12.7 Å². The van der Waals surface area contributed by atoms with Crippen LogP contribution in [0.2, 0.25) is 0 Å². The second kappa shape index (κ2) is 6.29. The largest absolute Gasteiger partial charge is 0.303 e. The number of hydrogen-bond donors (Lipinski definition) is 0. The van der Waals surface area contributed by atoms with Gasteiger partial charge >= 0.3 is 0 Å². The van der Waals surface area contributed by atoms with E-state index in [9.17, 15) is 0 Å². The van der Waals surface area contributed by atoms with Crippen LogP contribution in [-0.2, 0) is 6.54 Å². The molecule has 1 aliphatic rings. The molecule has 1 aromatic rings. The standard InChI is InChI=1S/C13H25N5/c1-4-17-6-5-13(12(2)9-17)16(3)7-8-18-11-14-10-15-18/h10-13H,4-9H2,1-3H3/t12-,13+/m0/s1. The molecule has 1 aromatic heterocycles. The number of likely N-dealkylation sites (tertiary alicyclic amines) is 1. The summed E-state index contributed by atoms with van der Waals surface area (Å²) in [6.07, 6.45) is 4.67. The monoisotopic (exact) mass is 251 g/mol. The Kier molecular flexibility index (Phi) is 4.72. The molecule has 0 bridgehead atoms. The van der Waals surface area contributed by atoms with Crippen LogP contribution in [0, 0.1) is 5.92 Å². The van der Waals surface area contributed by atoms with Crippen LogP contribution < -0.4 is 0 Å². The normalized spacial score (nSPS) is 25.8. The zero-order valence-electron chi connectivity index (χ0n) is 11.8. The minimum Gasteiger partial charge on any atom is -0.303 e. The summed E-state index contributed by atoms with van der Waals surface area (Å²) in [5, 5.41) is 4.15. The van der Waals surface area contributed by atoms with Gasteiger partial charge in [0.05, 0.1) is 6.54 Å². The van der Waals surface area contributed by atoms with Gasteiger partial charge in [-0.25, -0.2) is 4.98 Å². The number of rotatable bonds is 5. The second-order valence-corrected chi connectivity index (χ2v) is 5.37.